The summed E-state index contributed by atoms with van der Waals surface area (Å²) in [7, 11) is 1.81. The molecule has 0 aliphatic carbocycles. The number of nitrogen functional groups attached to an aromatic ring is 1. The zero-order chi connectivity index (χ0) is 14.5. The molecule has 1 amide bonds. The number of rotatable bonds is 5. The summed E-state index contributed by atoms with van der Waals surface area (Å²) in [5.74, 6) is 5.56. The summed E-state index contributed by atoms with van der Waals surface area (Å²) in [5, 5.41) is 0. The van der Waals surface area contributed by atoms with Crippen molar-refractivity contribution >= 4 is 11.7 Å². The number of carbonyl (C=O) groups is 1. The Kier molecular flexibility index (Phi) is 4.86. The van der Waals surface area contributed by atoms with Gasteiger partial charge in [-0.15, -0.1) is 0 Å². The van der Waals surface area contributed by atoms with E-state index in [0.717, 1.165) is 26.1 Å². The molecule has 1 fully saturated rings. The van der Waals surface area contributed by atoms with Crippen molar-refractivity contribution in [3.8, 4) is 0 Å². The second kappa shape index (κ2) is 6.62. The van der Waals surface area contributed by atoms with E-state index < -0.39 is 0 Å². The maximum Gasteiger partial charge on any atom is 0.273 e. The third kappa shape index (κ3) is 3.23. The first-order valence-electron chi connectivity index (χ1n) is 6.94. The van der Waals surface area contributed by atoms with Gasteiger partial charge in [-0.25, -0.2) is 15.8 Å². The number of anilines is 1. The molecule has 1 aliphatic rings. The van der Waals surface area contributed by atoms with Gasteiger partial charge in [0.15, 0.2) is 5.82 Å². The summed E-state index contributed by atoms with van der Waals surface area (Å²) in [6.07, 6.45) is 5.25. The third-order valence-corrected chi connectivity index (χ3v) is 3.76. The van der Waals surface area contributed by atoms with Crippen LogP contribution in [0.4, 0.5) is 5.82 Å². The number of aromatic nitrogens is 2. The van der Waals surface area contributed by atoms with Crippen LogP contribution in [0.5, 0.6) is 0 Å². The fourth-order valence-electron chi connectivity index (χ4n) is 2.63. The average molecular weight is 278 g/mol. The molecular formula is C13H22N6O. The van der Waals surface area contributed by atoms with Gasteiger partial charge in [0.2, 0.25) is 0 Å². The maximum atomic E-state index is 12.3. The Labute approximate surface area is 119 Å². The van der Waals surface area contributed by atoms with Gasteiger partial charge < -0.3 is 10.3 Å². The molecule has 1 atom stereocenters. The van der Waals surface area contributed by atoms with Gasteiger partial charge in [0.25, 0.3) is 5.91 Å². The second-order valence-electron chi connectivity index (χ2n) is 5.04. The van der Waals surface area contributed by atoms with Gasteiger partial charge in [-0.3, -0.25) is 9.69 Å². The highest BCUT2D eigenvalue weighted by Crippen LogP contribution is 2.17. The van der Waals surface area contributed by atoms with Gasteiger partial charge in [-0.05, 0) is 25.9 Å². The number of nitrogens with one attached hydrogen (secondary N) is 1. The Hall–Kier alpha value is -1.73. The van der Waals surface area contributed by atoms with Crippen LogP contribution >= 0.6 is 0 Å². The van der Waals surface area contributed by atoms with E-state index in [-0.39, 0.29) is 5.91 Å². The zero-order valence-electron chi connectivity index (χ0n) is 12.0. The first-order chi connectivity index (χ1) is 9.65. The monoisotopic (exact) mass is 278 g/mol. The van der Waals surface area contributed by atoms with Crippen molar-refractivity contribution < 1.29 is 4.79 Å². The lowest BCUT2D eigenvalue weighted by Gasteiger charge is -2.27. The van der Waals surface area contributed by atoms with E-state index in [1.165, 1.54) is 18.8 Å². The maximum absolute atomic E-state index is 12.3. The van der Waals surface area contributed by atoms with E-state index in [0.29, 0.717) is 17.6 Å². The number of nitrogens with two attached hydrogens (primary N) is 1. The Morgan fingerprint density at radius 3 is 2.95 bits per heavy atom. The Morgan fingerprint density at radius 1 is 1.55 bits per heavy atom. The SMILES string of the molecule is CCN1CCCC1CN(C)C(=O)c1cnc(NN)cn1. The van der Waals surface area contributed by atoms with E-state index in [2.05, 4.69) is 27.2 Å². The molecule has 2 heterocycles. The fourth-order valence-corrected chi connectivity index (χ4v) is 2.63. The molecule has 110 valence electrons. The molecule has 0 saturated carbocycles. The van der Waals surface area contributed by atoms with Gasteiger partial charge in [0, 0.05) is 19.6 Å². The molecule has 2 rings (SSSR count). The number of likely N-dealkylation sites (N-methyl/N-ethyl adjacent to an activating group) is 2. The minimum absolute atomic E-state index is 0.107. The minimum Gasteiger partial charge on any atom is -0.339 e. The van der Waals surface area contributed by atoms with Crippen LogP contribution in [0.25, 0.3) is 0 Å². The van der Waals surface area contributed by atoms with Crippen LogP contribution in [0.15, 0.2) is 12.4 Å². The van der Waals surface area contributed by atoms with Crippen LogP contribution in [0, 0.1) is 0 Å². The van der Waals surface area contributed by atoms with Crippen molar-refractivity contribution in [3.05, 3.63) is 18.1 Å². The summed E-state index contributed by atoms with van der Waals surface area (Å²) in [6.45, 7) is 5.04. The lowest BCUT2D eigenvalue weighted by atomic mass is 10.2. The molecule has 0 bridgehead atoms. The number of hydrogen-bond acceptors (Lipinski definition) is 6. The van der Waals surface area contributed by atoms with E-state index in [1.54, 1.807) is 4.90 Å². The van der Waals surface area contributed by atoms with Crippen LogP contribution in [0.3, 0.4) is 0 Å². The average Bonchev–Trinajstić information content (AvgIpc) is 2.93. The minimum atomic E-state index is -0.107. The summed E-state index contributed by atoms with van der Waals surface area (Å²) in [4.78, 5) is 24.5. The molecule has 0 spiro atoms. The zero-order valence-corrected chi connectivity index (χ0v) is 12.0. The Balaban J connectivity index is 1.97. The molecule has 7 nitrogen and oxygen atoms in total. The van der Waals surface area contributed by atoms with Gasteiger partial charge >= 0.3 is 0 Å². The third-order valence-electron chi connectivity index (χ3n) is 3.76. The van der Waals surface area contributed by atoms with Crippen LogP contribution < -0.4 is 11.3 Å². The summed E-state index contributed by atoms with van der Waals surface area (Å²) in [6, 6.07) is 0.451. The molecule has 1 aromatic rings. The van der Waals surface area contributed by atoms with Gasteiger partial charge in [-0.2, -0.15) is 0 Å². The van der Waals surface area contributed by atoms with E-state index in [4.69, 9.17) is 5.84 Å². The predicted octanol–water partition coefficient (Wildman–Crippen LogP) is 0.319. The smallest absolute Gasteiger partial charge is 0.273 e. The number of likely N-dealkylation sites (tertiary alicyclic amines) is 1. The second-order valence-corrected chi connectivity index (χ2v) is 5.04. The van der Waals surface area contributed by atoms with Crippen LogP contribution in [0.1, 0.15) is 30.3 Å². The van der Waals surface area contributed by atoms with Crippen molar-refractivity contribution in [1.82, 2.24) is 19.8 Å². The molecule has 0 radical (unpaired) electrons. The largest absolute Gasteiger partial charge is 0.339 e. The highest BCUT2D eigenvalue weighted by Gasteiger charge is 2.26. The number of hydrazine groups is 1. The van der Waals surface area contributed by atoms with Gasteiger partial charge in [0.05, 0.1) is 12.4 Å². The van der Waals surface area contributed by atoms with Crippen molar-refractivity contribution in [2.45, 2.75) is 25.8 Å². The summed E-state index contributed by atoms with van der Waals surface area (Å²) < 4.78 is 0. The number of amides is 1. The molecule has 1 saturated heterocycles. The molecule has 7 heteroatoms. The highest BCUT2D eigenvalue weighted by molar-refractivity contribution is 5.91. The van der Waals surface area contributed by atoms with Gasteiger partial charge in [-0.1, -0.05) is 6.92 Å². The van der Waals surface area contributed by atoms with Crippen molar-refractivity contribution in [2.75, 3.05) is 32.1 Å². The molecular weight excluding hydrogens is 256 g/mol. The standard InChI is InChI=1S/C13H22N6O/c1-3-19-6-4-5-10(19)9-18(2)13(20)11-7-16-12(17-14)8-15-11/h7-8,10H,3-6,9,14H2,1-2H3,(H,16,17). The first kappa shape index (κ1) is 14.7. The van der Waals surface area contributed by atoms with Crippen LogP contribution in [-0.4, -0.2) is 58.4 Å². The number of nitrogens with zero attached hydrogens (tertiary/aromatic N) is 4. The molecule has 3 N–H and O–H groups in total. The molecule has 1 aliphatic heterocycles. The normalized spacial score (nSPS) is 19.1. The van der Waals surface area contributed by atoms with E-state index >= 15 is 0 Å². The van der Waals surface area contributed by atoms with Gasteiger partial charge in [0.1, 0.15) is 5.69 Å². The topological polar surface area (TPSA) is 87.4 Å². The lowest BCUT2D eigenvalue weighted by Crippen LogP contribution is -2.41. The highest BCUT2D eigenvalue weighted by atomic mass is 16.2. The van der Waals surface area contributed by atoms with Crippen LogP contribution in [-0.2, 0) is 0 Å². The molecule has 1 aromatic heterocycles. The molecule has 20 heavy (non-hydrogen) atoms. The van der Waals surface area contributed by atoms with Crippen LogP contribution in [0.2, 0.25) is 0 Å². The van der Waals surface area contributed by atoms with Crippen molar-refractivity contribution in [3.63, 3.8) is 0 Å². The number of carbonyl (C=O) groups excluding carboxylic acids is 1. The molecule has 1 unspecified atom stereocenters. The lowest BCUT2D eigenvalue weighted by molar-refractivity contribution is 0.0748. The van der Waals surface area contributed by atoms with Crippen molar-refractivity contribution in [1.29, 1.82) is 0 Å². The predicted molar refractivity (Wildman–Crippen MR) is 77.1 cm³/mol. The quantitative estimate of drug-likeness (QED) is 0.596. The first-order valence-corrected chi connectivity index (χ1v) is 6.94. The molecule has 0 aromatic carbocycles. The fraction of sp³-hybridized carbons (Fsp3) is 0.615. The number of hydrogen-bond donors (Lipinski definition) is 2. The van der Waals surface area contributed by atoms with E-state index in [9.17, 15) is 4.79 Å². The van der Waals surface area contributed by atoms with E-state index in [1.807, 2.05) is 7.05 Å². The summed E-state index contributed by atoms with van der Waals surface area (Å²) >= 11 is 0. The van der Waals surface area contributed by atoms with Crippen molar-refractivity contribution in [2.24, 2.45) is 5.84 Å². The Bertz CT molecular complexity index is 449. The summed E-state index contributed by atoms with van der Waals surface area (Å²) in [5.41, 5.74) is 2.73. The Morgan fingerprint density at radius 2 is 2.35 bits per heavy atom.